The Labute approximate surface area is 73.3 Å². The van der Waals surface area contributed by atoms with Crippen LogP contribution in [-0.2, 0) is 0 Å². The number of rotatable bonds is 3. The second kappa shape index (κ2) is 3.20. The third-order valence-electron chi connectivity index (χ3n) is 1.17. The SMILES string of the molecule is O=[N+]([O-])c1cn(N(F)F)c([N+](=O)[O-])n1. The molecule has 9 nitrogen and oxygen atoms in total. The van der Waals surface area contributed by atoms with Crippen molar-refractivity contribution in [3.8, 4) is 0 Å². The average molecular weight is 209 g/mol. The normalized spacial score (nSPS) is 9.86. The molecule has 0 radical (unpaired) electrons. The van der Waals surface area contributed by atoms with Gasteiger partial charge in [-0.15, -0.1) is 0 Å². The van der Waals surface area contributed by atoms with Gasteiger partial charge >= 0.3 is 11.8 Å². The van der Waals surface area contributed by atoms with Gasteiger partial charge in [0.25, 0.3) is 0 Å². The summed E-state index contributed by atoms with van der Waals surface area (Å²) in [6.07, 6.45) is 0.234. The summed E-state index contributed by atoms with van der Waals surface area (Å²) in [6, 6.07) is 0. The maximum atomic E-state index is 11.9. The molecular weight excluding hydrogens is 208 g/mol. The van der Waals surface area contributed by atoms with Crippen molar-refractivity contribution in [1.82, 2.24) is 9.66 Å². The Balaban J connectivity index is 3.26. The highest BCUT2D eigenvalue weighted by Gasteiger charge is 2.27. The molecule has 0 aromatic carbocycles. The first-order valence-corrected chi connectivity index (χ1v) is 2.93. The van der Waals surface area contributed by atoms with E-state index in [2.05, 4.69) is 4.98 Å². The van der Waals surface area contributed by atoms with Gasteiger partial charge in [-0.3, -0.25) is 0 Å². The van der Waals surface area contributed by atoms with E-state index in [9.17, 15) is 29.2 Å². The molecule has 0 amide bonds. The van der Waals surface area contributed by atoms with E-state index in [1.807, 2.05) is 0 Å². The molecule has 0 unspecified atom stereocenters. The predicted molar refractivity (Wildman–Crippen MR) is 36.0 cm³/mol. The van der Waals surface area contributed by atoms with Crippen molar-refractivity contribution in [3.63, 3.8) is 0 Å². The Bertz CT molecular complexity index is 388. The van der Waals surface area contributed by atoms with Crippen molar-refractivity contribution >= 4 is 11.8 Å². The van der Waals surface area contributed by atoms with E-state index in [0.717, 1.165) is 0 Å². The lowest BCUT2D eigenvalue weighted by Gasteiger charge is -1.97. The summed E-state index contributed by atoms with van der Waals surface area (Å²) in [7, 11) is 0. The Morgan fingerprint density at radius 3 is 2.21 bits per heavy atom. The lowest BCUT2D eigenvalue weighted by Crippen LogP contribution is -2.16. The van der Waals surface area contributed by atoms with Crippen molar-refractivity contribution < 1.29 is 18.8 Å². The molecule has 0 aliphatic rings. The number of aromatic nitrogens is 2. The fourth-order valence-electron chi connectivity index (χ4n) is 0.673. The van der Waals surface area contributed by atoms with Crippen molar-refractivity contribution in [2.24, 2.45) is 0 Å². The van der Waals surface area contributed by atoms with Crippen molar-refractivity contribution in [3.05, 3.63) is 26.4 Å². The van der Waals surface area contributed by atoms with Gasteiger partial charge < -0.3 is 20.2 Å². The molecule has 0 aliphatic carbocycles. The zero-order chi connectivity index (χ0) is 10.9. The van der Waals surface area contributed by atoms with Crippen LogP contribution in [0, 0.1) is 20.2 Å². The highest BCUT2D eigenvalue weighted by atomic mass is 19.4. The number of nitro groups is 2. The summed E-state index contributed by atoms with van der Waals surface area (Å²) >= 11 is 0. The van der Waals surface area contributed by atoms with Gasteiger partial charge in [-0.05, 0) is 23.8 Å². The van der Waals surface area contributed by atoms with Gasteiger partial charge in [0.1, 0.15) is 0 Å². The van der Waals surface area contributed by atoms with E-state index in [1.54, 1.807) is 0 Å². The smallest absolute Gasteiger partial charge is 0.390 e. The second-order valence-corrected chi connectivity index (χ2v) is 1.97. The first-order valence-electron chi connectivity index (χ1n) is 2.93. The molecule has 0 fully saturated rings. The minimum absolute atomic E-state index is 0.234. The Morgan fingerprint density at radius 2 is 1.93 bits per heavy atom. The number of halogens is 2. The molecule has 1 heterocycles. The highest BCUT2D eigenvalue weighted by Crippen LogP contribution is 2.17. The van der Waals surface area contributed by atoms with Crippen LogP contribution in [0.1, 0.15) is 0 Å². The van der Waals surface area contributed by atoms with Crippen LogP contribution in [0.2, 0.25) is 0 Å². The maximum Gasteiger partial charge on any atom is 0.465 e. The van der Waals surface area contributed by atoms with Gasteiger partial charge in [0, 0.05) is 0 Å². The van der Waals surface area contributed by atoms with Crippen LogP contribution < -0.4 is 5.45 Å². The third-order valence-corrected chi connectivity index (χ3v) is 1.17. The van der Waals surface area contributed by atoms with Crippen molar-refractivity contribution in [1.29, 1.82) is 0 Å². The molecule has 0 spiro atoms. The standard InChI is InChI=1S/C3HF2N5O4/c4-10(5)7-1-2(8(11)12)6-3(7)9(13)14/h1H. The Kier molecular flexibility index (Phi) is 2.23. The van der Waals surface area contributed by atoms with Crippen LogP contribution in [0.4, 0.5) is 20.7 Å². The van der Waals surface area contributed by atoms with Crippen molar-refractivity contribution in [2.45, 2.75) is 0 Å². The molecule has 1 aromatic heterocycles. The molecule has 76 valence electrons. The third kappa shape index (κ3) is 1.55. The number of hydrogen-bond acceptors (Lipinski definition) is 6. The zero-order valence-electron chi connectivity index (χ0n) is 6.20. The second-order valence-electron chi connectivity index (χ2n) is 1.97. The average Bonchev–Trinajstić information content (AvgIpc) is 2.47. The van der Waals surface area contributed by atoms with Gasteiger partial charge in [0.05, 0.1) is 5.45 Å². The van der Waals surface area contributed by atoms with Crippen LogP contribution >= 0.6 is 0 Å². The van der Waals surface area contributed by atoms with Gasteiger partial charge in [0.2, 0.25) is 0 Å². The summed E-state index contributed by atoms with van der Waals surface area (Å²) in [4.78, 5) is 20.5. The van der Waals surface area contributed by atoms with E-state index in [4.69, 9.17) is 0 Å². The highest BCUT2D eigenvalue weighted by molar-refractivity contribution is 5.24. The van der Waals surface area contributed by atoms with Crippen LogP contribution in [0.5, 0.6) is 0 Å². The van der Waals surface area contributed by atoms with E-state index in [-0.39, 0.29) is 10.9 Å². The molecule has 0 saturated carbocycles. The van der Waals surface area contributed by atoms with Crippen LogP contribution in [-0.4, -0.2) is 19.5 Å². The topological polar surface area (TPSA) is 107 Å². The Hall–Kier alpha value is -2.33. The summed E-state index contributed by atoms with van der Waals surface area (Å²) < 4.78 is 23.4. The minimum Gasteiger partial charge on any atom is -0.390 e. The molecular formula is C3HF2N5O4. The summed E-state index contributed by atoms with van der Waals surface area (Å²) in [5.74, 6) is -2.36. The molecule has 0 saturated heterocycles. The van der Waals surface area contributed by atoms with Crippen LogP contribution in [0.25, 0.3) is 0 Å². The van der Waals surface area contributed by atoms with E-state index < -0.39 is 27.1 Å². The molecule has 0 atom stereocenters. The van der Waals surface area contributed by atoms with Gasteiger partial charge in [0.15, 0.2) is 6.20 Å². The Morgan fingerprint density at radius 1 is 1.36 bits per heavy atom. The number of imidazole rings is 1. The molecule has 1 rings (SSSR count). The molecule has 0 aliphatic heterocycles. The van der Waals surface area contributed by atoms with Crippen LogP contribution in [0.3, 0.4) is 0 Å². The van der Waals surface area contributed by atoms with Crippen LogP contribution in [0.15, 0.2) is 6.20 Å². The van der Waals surface area contributed by atoms with E-state index in [0.29, 0.717) is 0 Å². The molecule has 0 N–H and O–H groups in total. The largest absolute Gasteiger partial charge is 0.465 e. The lowest BCUT2D eigenvalue weighted by molar-refractivity contribution is -0.404. The first-order chi connectivity index (χ1) is 6.43. The van der Waals surface area contributed by atoms with Gasteiger partial charge in [-0.25, -0.2) is 0 Å². The van der Waals surface area contributed by atoms with E-state index in [1.165, 1.54) is 0 Å². The van der Waals surface area contributed by atoms with Gasteiger partial charge in [-0.1, -0.05) is 4.68 Å². The lowest BCUT2D eigenvalue weighted by atomic mass is 10.8. The summed E-state index contributed by atoms with van der Waals surface area (Å²) in [5.41, 5.74) is -1.68. The van der Waals surface area contributed by atoms with Crippen molar-refractivity contribution in [2.75, 3.05) is 5.45 Å². The first kappa shape index (κ1) is 9.76. The van der Waals surface area contributed by atoms with Gasteiger partial charge in [-0.2, -0.15) is 0 Å². The molecule has 14 heavy (non-hydrogen) atoms. The molecule has 1 aromatic rings. The fraction of sp³-hybridized carbons (Fsp3) is 0. The maximum absolute atomic E-state index is 11.9. The minimum atomic E-state index is -1.68. The summed E-state index contributed by atoms with van der Waals surface area (Å²) in [5, 5.41) is 20.2. The zero-order valence-corrected chi connectivity index (χ0v) is 6.20. The monoisotopic (exact) mass is 209 g/mol. The quantitative estimate of drug-likeness (QED) is 0.405. The predicted octanol–water partition coefficient (Wildman–Crippen LogP) is 0.406. The number of nitrogens with zero attached hydrogens (tertiary/aromatic N) is 5. The molecule has 0 bridgehead atoms. The number of hydrogen-bond donors (Lipinski definition) is 0. The fourth-order valence-corrected chi connectivity index (χ4v) is 0.673. The van der Waals surface area contributed by atoms with E-state index >= 15 is 0 Å². The summed E-state index contributed by atoms with van der Waals surface area (Å²) in [6.45, 7) is 0. The molecule has 11 heteroatoms.